The minimum absolute atomic E-state index is 0.110. The molecule has 2 heterocycles. The summed E-state index contributed by atoms with van der Waals surface area (Å²) in [6.07, 6.45) is 2.45. The molecular weight excluding hydrogens is 357 g/mol. The summed E-state index contributed by atoms with van der Waals surface area (Å²) >= 11 is 0. The van der Waals surface area contributed by atoms with Gasteiger partial charge >= 0.3 is 0 Å². The second-order valence-electron chi connectivity index (χ2n) is 7.64. The predicted molar refractivity (Wildman–Crippen MR) is 108 cm³/mol. The highest BCUT2D eigenvalue weighted by Gasteiger charge is 2.29. The maximum Gasteiger partial charge on any atom is 0.225 e. The van der Waals surface area contributed by atoms with Gasteiger partial charge in [0.2, 0.25) is 11.8 Å². The number of carbonyl (C=O) groups is 2. The normalized spacial score (nSPS) is 18.6. The fourth-order valence-electron chi connectivity index (χ4n) is 4.28. The number of halogens is 1. The van der Waals surface area contributed by atoms with E-state index in [9.17, 15) is 14.0 Å². The molecule has 0 aliphatic carbocycles. The van der Waals surface area contributed by atoms with Crippen LogP contribution < -0.4 is 15.5 Å². The zero-order valence-corrected chi connectivity index (χ0v) is 16.1. The lowest BCUT2D eigenvalue weighted by Crippen LogP contribution is -2.25. The van der Waals surface area contributed by atoms with Gasteiger partial charge < -0.3 is 15.5 Å². The van der Waals surface area contributed by atoms with E-state index in [-0.39, 0.29) is 30.0 Å². The average Bonchev–Trinajstić information content (AvgIpc) is 3.16. The molecule has 2 N–H and O–H groups in total. The molecular formula is C22H24FN3O2. The lowest BCUT2D eigenvalue weighted by Gasteiger charge is -2.29. The zero-order valence-electron chi connectivity index (χ0n) is 16.1. The van der Waals surface area contributed by atoms with Crippen molar-refractivity contribution in [3.8, 4) is 0 Å². The Labute approximate surface area is 163 Å². The summed E-state index contributed by atoms with van der Waals surface area (Å²) in [5, 5.41) is 5.60. The summed E-state index contributed by atoms with van der Waals surface area (Å²) in [7, 11) is 0. The van der Waals surface area contributed by atoms with Gasteiger partial charge in [-0.1, -0.05) is 6.07 Å². The number of anilines is 3. The summed E-state index contributed by atoms with van der Waals surface area (Å²) in [5.74, 6) is -0.725. The van der Waals surface area contributed by atoms with Crippen molar-refractivity contribution in [2.24, 2.45) is 0 Å². The molecule has 0 radical (unpaired) electrons. The van der Waals surface area contributed by atoms with Crippen LogP contribution in [0.4, 0.5) is 21.5 Å². The van der Waals surface area contributed by atoms with Crippen LogP contribution in [0.2, 0.25) is 0 Å². The topological polar surface area (TPSA) is 61.4 Å². The first-order chi connectivity index (χ1) is 13.4. The Bertz CT molecular complexity index is 951. The highest BCUT2D eigenvalue weighted by molar-refractivity contribution is 5.97. The molecule has 0 saturated carbocycles. The van der Waals surface area contributed by atoms with E-state index in [0.717, 1.165) is 42.6 Å². The molecule has 1 fully saturated rings. The lowest BCUT2D eigenvalue weighted by atomic mass is 9.82. The molecule has 5 nitrogen and oxygen atoms in total. The van der Waals surface area contributed by atoms with E-state index in [2.05, 4.69) is 15.5 Å². The number of nitrogens with one attached hydrogen (secondary N) is 2. The molecule has 2 aliphatic heterocycles. The van der Waals surface area contributed by atoms with Gasteiger partial charge in [-0.05, 0) is 60.7 Å². The van der Waals surface area contributed by atoms with Gasteiger partial charge in [0.25, 0.3) is 0 Å². The third kappa shape index (κ3) is 3.46. The summed E-state index contributed by atoms with van der Waals surface area (Å²) in [5.41, 5.74) is 4.70. The Hall–Kier alpha value is -2.89. The van der Waals surface area contributed by atoms with Gasteiger partial charge in [0, 0.05) is 43.7 Å². The third-order valence-corrected chi connectivity index (χ3v) is 5.57. The van der Waals surface area contributed by atoms with E-state index >= 15 is 0 Å². The highest BCUT2D eigenvalue weighted by atomic mass is 19.1. The number of aryl methyl sites for hydroxylation is 1. The second kappa shape index (κ2) is 7.26. The molecule has 2 amide bonds. The van der Waals surface area contributed by atoms with E-state index in [1.54, 1.807) is 12.1 Å². The molecule has 0 aromatic heterocycles. The van der Waals surface area contributed by atoms with Crippen molar-refractivity contribution in [1.29, 1.82) is 0 Å². The second-order valence-corrected chi connectivity index (χ2v) is 7.64. The Morgan fingerprint density at radius 2 is 1.93 bits per heavy atom. The van der Waals surface area contributed by atoms with Crippen molar-refractivity contribution >= 4 is 28.9 Å². The molecule has 2 aromatic rings. The Morgan fingerprint density at radius 1 is 1.18 bits per heavy atom. The van der Waals surface area contributed by atoms with Crippen molar-refractivity contribution in [3.63, 3.8) is 0 Å². The van der Waals surface area contributed by atoms with Crippen molar-refractivity contribution < 1.29 is 14.0 Å². The van der Waals surface area contributed by atoms with E-state index in [1.165, 1.54) is 6.92 Å². The first-order valence-corrected chi connectivity index (χ1v) is 9.69. The minimum atomic E-state index is -0.232. The van der Waals surface area contributed by atoms with Gasteiger partial charge in [-0.15, -0.1) is 0 Å². The molecule has 2 aromatic carbocycles. The summed E-state index contributed by atoms with van der Waals surface area (Å²) in [4.78, 5) is 25.7. The number of hydrogen-bond donors (Lipinski definition) is 2. The van der Waals surface area contributed by atoms with Crippen LogP contribution in [-0.2, 0) is 9.59 Å². The molecule has 0 spiro atoms. The minimum Gasteiger partial charge on any atom is -0.369 e. The van der Waals surface area contributed by atoms with Crippen molar-refractivity contribution in [2.45, 2.75) is 39.0 Å². The number of benzene rings is 2. The number of amides is 2. The van der Waals surface area contributed by atoms with E-state index < -0.39 is 0 Å². The molecule has 0 bridgehead atoms. The predicted octanol–water partition coefficient (Wildman–Crippen LogP) is 4.17. The van der Waals surface area contributed by atoms with Crippen LogP contribution in [0.3, 0.4) is 0 Å². The standard InChI is InChI=1S/C22H24FN3O2/c1-13-9-21(26-7-3-4-8-26)19(23)11-17(13)18-12-22(28)25-20-10-15(24-14(2)27)5-6-16(18)20/h5-6,9-11,18H,3-4,7-8,12H2,1-2H3,(H,24,27)(H,25,28). The number of fused-ring (bicyclic) bond motifs is 1. The van der Waals surface area contributed by atoms with Gasteiger partial charge in [-0.2, -0.15) is 0 Å². The van der Waals surface area contributed by atoms with Gasteiger partial charge in [0.05, 0.1) is 5.69 Å². The number of carbonyl (C=O) groups excluding carboxylic acids is 2. The van der Waals surface area contributed by atoms with Crippen LogP contribution in [0, 0.1) is 12.7 Å². The van der Waals surface area contributed by atoms with E-state index in [1.807, 2.05) is 25.1 Å². The SMILES string of the molecule is CC(=O)Nc1ccc2c(c1)NC(=O)CC2c1cc(F)c(N2CCCC2)cc1C. The van der Waals surface area contributed by atoms with Crippen molar-refractivity contribution in [3.05, 3.63) is 52.8 Å². The molecule has 6 heteroatoms. The van der Waals surface area contributed by atoms with Gasteiger partial charge in [-0.3, -0.25) is 9.59 Å². The molecule has 2 aliphatic rings. The van der Waals surface area contributed by atoms with Gasteiger partial charge in [0.1, 0.15) is 5.82 Å². The lowest BCUT2D eigenvalue weighted by molar-refractivity contribution is -0.116. The number of hydrogen-bond acceptors (Lipinski definition) is 3. The molecule has 1 saturated heterocycles. The van der Waals surface area contributed by atoms with Gasteiger partial charge in [0.15, 0.2) is 0 Å². The average molecular weight is 381 g/mol. The molecule has 146 valence electrons. The van der Waals surface area contributed by atoms with Gasteiger partial charge in [-0.25, -0.2) is 4.39 Å². The molecule has 28 heavy (non-hydrogen) atoms. The Kier molecular flexibility index (Phi) is 4.79. The van der Waals surface area contributed by atoms with Crippen LogP contribution >= 0.6 is 0 Å². The van der Waals surface area contributed by atoms with Crippen LogP contribution in [0.25, 0.3) is 0 Å². The monoisotopic (exact) mass is 381 g/mol. The zero-order chi connectivity index (χ0) is 19.8. The quantitative estimate of drug-likeness (QED) is 0.839. The van der Waals surface area contributed by atoms with Crippen LogP contribution in [0.5, 0.6) is 0 Å². The fourth-order valence-corrected chi connectivity index (χ4v) is 4.28. The summed E-state index contributed by atoms with van der Waals surface area (Å²) in [6, 6.07) is 8.97. The largest absolute Gasteiger partial charge is 0.369 e. The molecule has 1 unspecified atom stereocenters. The first-order valence-electron chi connectivity index (χ1n) is 9.69. The number of nitrogens with zero attached hydrogens (tertiary/aromatic N) is 1. The van der Waals surface area contributed by atoms with Crippen LogP contribution in [-0.4, -0.2) is 24.9 Å². The molecule has 4 rings (SSSR count). The smallest absolute Gasteiger partial charge is 0.225 e. The van der Waals surface area contributed by atoms with E-state index in [0.29, 0.717) is 17.1 Å². The van der Waals surface area contributed by atoms with Crippen LogP contribution in [0.1, 0.15) is 48.8 Å². The number of rotatable bonds is 3. The summed E-state index contributed by atoms with van der Waals surface area (Å²) < 4.78 is 14.9. The fraction of sp³-hybridized carbons (Fsp3) is 0.364. The maximum absolute atomic E-state index is 14.9. The van der Waals surface area contributed by atoms with Crippen molar-refractivity contribution in [1.82, 2.24) is 0 Å². The Balaban J connectivity index is 1.72. The first kappa shape index (κ1) is 18.5. The third-order valence-electron chi connectivity index (χ3n) is 5.57. The Morgan fingerprint density at radius 3 is 2.64 bits per heavy atom. The maximum atomic E-state index is 14.9. The van der Waals surface area contributed by atoms with E-state index in [4.69, 9.17) is 0 Å². The van der Waals surface area contributed by atoms with Crippen molar-refractivity contribution in [2.75, 3.05) is 28.6 Å². The van der Waals surface area contributed by atoms with Crippen LogP contribution in [0.15, 0.2) is 30.3 Å². The molecule has 1 atom stereocenters. The summed E-state index contributed by atoms with van der Waals surface area (Å²) in [6.45, 7) is 5.19. The highest BCUT2D eigenvalue weighted by Crippen LogP contribution is 2.41.